The van der Waals surface area contributed by atoms with Gasteiger partial charge in [0, 0.05) is 11.3 Å². The average Bonchev–Trinajstić information content (AvgIpc) is 2.47. The number of benzene rings is 1. The SMILES string of the molecule is CSC1CCC(NC(=O)c2cccc(N)c2[N+](=O)[O-])CC1. The van der Waals surface area contributed by atoms with E-state index in [4.69, 9.17) is 5.73 Å². The number of nitrogens with two attached hydrogens (primary N) is 1. The summed E-state index contributed by atoms with van der Waals surface area (Å²) in [6.45, 7) is 0. The maximum absolute atomic E-state index is 12.3. The van der Waals surface area contributed by atoms with Gasteiger partial charge in [0.05, 0.1) is 4.92 Å². The summed E-state index contributed by atoms with van der Waals surface area (Å²) in [4.78, 5) is 22.7. The first-order chi connectivity index (χ1) is 10.0. The molecule has 1 aromatic carbocycles. The molecule has 0 unspecified atom stereocenters. The van der Waals surface area contributed by atoms with Gasteiger partial charge in [-0.15, -0.1) is 0 Å². The van der Waals surface area contributed by atoms with Crippen LogP contribution in [0.25, 0.3) is 0 Å². The minimum atomic E-state index is -0.602. The van der Waals surface area contributed by atoms with Gasteiger partial charge in [-0.05, 0) is 44.1 Å². The molecule has 0 aliphatic heterocycles. The Bertz CT molecular complexity index is 542. The number of para-hydroxylation sites is 1. The summed E-state index contributed by atoms with van der Waals surface area (Å²) < 4.78 is 0. The third kappa shape index (κ3) is 3.66. The van der Waals surface area contributed by atoms with Crippen molar-refractivity contribution in [1.82, 2.24) is 5.32 Å². The zero-order valence-electron chi connectivity index (χ0n) is 11.9. The van der Waals surface area contributed by atoms with Gasteiger partial charge < -0.3 is 11.1 Å². The highest BCUT2D eigenvalue weighted by Gasteiger charge is 2.26. The molecule has 2 rings (SSSR count). The Morgan fingerprint density at radius 1 is 1.38 bits per heavy atom. The fourth-order valence-corrected chi connectivity index (χ4v) is 3.40. The zero-order valence-corrected chi connectivity index (χ0v) is 12.7. The molecule has 0 spiro atoms. The van der Waals surface area contributed by atoms with E-state index < -0.39 is 10.8 Å². The molecule has 3 N–H and O–H groups in total. The van der Waals surface area contributed by atoms with Gasteiger partial charge in [0.25, 0.3) is 5.91 Å². The van der Waals surface area contributed by atoms with E-state index in [9.17, 15) is 14.9 Å². The number of nitrogens with zero attached hydrogens (tertiary/aromatic N) is 1. The van der Waals surface area contributed by atoms with Gasteiger partial charge >= 0.3 is 5.69 Å². The fraction of sp³-hybridized carbons (Fsp3) is 0.500. The quantitative estimate of drug-likeness (QED) is 0.506. The molecular formula is C14H19N3O3S. The molecule has 0 aromatic heterocycles. The van der Waals surface area contributed by atoms with Crippen LogP contribution in [0.3, 0.4) is 0 Å². The standard InChI is InChI=1S/C14H19N3O3S/c1-21-10-7-5-9(6-8-10)16-14(18)11-3-2-4-12(15)13(11)17(19)20/h2-4,9-10H,5-8,15H2,1H3,(H,16,18). The van der Waals surface area contributed by atoms with Gasteiger partial charge in [-0.1, -0.05) is 6.07 Å². The normalized spacial score (nSPS) is 21.8. The predicted molar refractivity (Wildman–Crippen MR) is 84.5 cm³/mol. The first-order valence-corrected chi connectivity index (χ1v) is 8.18. The van der Waals surface area contributed by atoms with Crippen molar-refractivity contribution in [2.45, 2.75) is 37.0 Å². The summed E-state index contributed by atoms with van der Waals surface area (Å²) in [6, 6.07) is 4.51. The number of carbonyl (C=O) groups excluding carboxylic acids is 1. The van der Waals surface area contributed by atoms with Crippen LogP contribution in [-0.4, -0.2) is 28.4 Å². The number of nitro benzene ring substituents is 1. The van der Waals surface area contributed by atoms with Crippen molar-refractivity contribution in [3.8, 4) is 0 Å². The lowest BCUT2D eigenvalue weighted by Crippen LogP contribution is -2.38. The summed E-state index contributed by atoms with van der Waals surface area (Å²) >= 11 is 1.85. The predicted octanol–water partition coefficient (Wildman–Crippen LogP) is 2.58. The highest BCUT2D eigenvalue weighted by atomic mass is 32.2. The van der Waals surface area contributed by atoms with Crippen molar-refractivity contribution in [1.29, 1.82) is 0 Å². The topological polar surface area (TPSA) is 98.3 Å². The van der Waals surface area contributed by atoms with Crippen LogP contribution in [0.1, 0.15) is 36.0 Å². The summed E-state index contributed by atoms with van der Waals surface area (Å²) in [6.07, 6.45) is 6.04. The largest absolute Gasteiger partial charge is 0.393 e. The Morgan fingerprint density at radius 3 is 2.62 bits per heavy atom. The first-order valence-electron chi connectivity index (χ1n) is 6.89. The average molecular weight is 309 g/mol. The lowest BCUT2D eigenvalue weighted by atomic mass is 9.94. The molecule has 1 aliphatic carbocycles. The second-order valence-corrected chi connectivity index (χ2v) is 6.32. The van der Waals surface area contributed by atoms with Crippen LogP contribution in [0.15, 0.2) is 18.2 Å². The number of hydrogen-bond donors (Lipinski definition) is 2. The Labute approximate surface area is 127 Å². The van der Waals surface area contributed by atoms with Crippen LogP contribution in [0.4, 0.5) is 11.4 Å². The van der Waals surface area contributed by atoms with Crippen LogP contribution in [0, 0.1) is 10.1 Å². The molecule has 0 radical (unpaired) electrons. The molecule has 1 amide bonds. The van der Waals surface area contributed by atoms with Crippen molar-refractivity contribution in [3.05, 3.63) is 33.9 Å². The number of thioether (sulfide) groups is 1. The van der Waals surface area contributed by atoms with Gasteiger partial charge in [0.1, 0.15) is 11.3 Å². The highest BCUT2D eigenvalue weighted by Crippen LogP contribution is 2.29. The third-order valence-electron chi connectivity index (χ3n) is 3.84. The van der Waals surface area contributed by atoms with Crippen molar-refractivity contribution in [3.63, 3.8) is 0 Å². The van der Waals surface area contributed by atoms with E-state index in [-0.39, 0.29) is 23.0 Å². The van der Waals surface area contributed by atoms with Crippen LogP contribution < -0.4 is 11.1 Å². The maximum atomic E-state index is 12.3. The van der Waals surface area contributed by atoms with E-state index in [2.05, 4.69) is 11.6 Å². The number of nitrogens with one attached hydrogen (secondary N) is 1. The van der Waals surface area contributed by atoms with Crippen molar-refractivity contribution < 1.29 is 9.72 Å². The molecule has 1 fully saturated rings. The Hall–Kier alpha value is -1.76. The molecule has 0 heterocycles. The first kappa shape index (κ1) is 15.6. The Morgan fingerprint density at radius 2 is 2.05 bits per heavy atom. The molecule has 7 heteroatoms. The third-order valence-corrected chi connectivity index (χ3v) is 4.98. The highest BCUT2D eigenvalue weighted by molar-refractivity contribution is 7.99. The minimum Gasteiger partial charge on any atom is -0.393 e. The van der Waals surface area contributed by atoms with E-state index >= 15 is 0 Å². The van der Waals surface area contributed by atoms with Crippen LogP contribution in [0.5, 0.6) is 0 Å². The number of hydrogen-bond acceptors (Lipinski definition) is 5. The van der Waals surface area contributed by atoms with Crippen LogP contribution >= 0.6 is 11.8 Å². The molecule has 0 saturated heterocycles. The summed E-state index contributed by atoms with van der Waals surface area (Å²) in [5.41, 5.74) is 5.34. The number of anilines is 1. The lowest BCUT2D eigenvalue weighted by molar-refractivity contribution is -0.384. The Balaban J connectivity index is 2.08. The number of amides is 1. The summed E-state index contributed by atoms with van der Waals surface area (Å²) in [5, 5.41) is 14.6. The summed E-state index contributed by atoms with van der Waals surface area (Å²) in [7, 11) is 0. The Kier molecular flexibility index (Phi) is 5.06. The molecule has 1 aromatic rings. The zero-order chi connectivity index (χ0) is 15.4. The molecule has 6 nitrogen and oxygen atoms in total. The maximum Gasteiger partial charge on any atom is 0.304 e. The van der Waals surface area contributed by atoms with Gasteiger partial charge in [-0.3, -0.25) is 14.9 Å². The van der Waals surface area contributed by atoms with E-state index in [1.54, 1.807) is 6.07 Å². The smallest absolute Gasteiger partial charge is 0.304 e. The molecule has 0 bridgehead atoms. The van der Waals surface area contributed by atoms with Gasteiger partial charge in [-0.2, -0.15) is 11.8 Å². The molecule has 21 heavy (non-hydrogen) atoms. The van der Waals surface area contributed by atoms with Crippen LogP contribution in [-0.2, 0) is 0 Å². The van der Waals surface area contributed by atoms with E-state index in [1.165, 1.54) is 12.1 Å². The number of rotatable bonds is 4. The van der Waals surface area contributed by atoms with E-state index in [0.29, 0.717) is 5.25 Å². The van der Waals surface area contributed by atoms with E-state index in [0.717, 1.165) is 25.7 Å². The van der Waals surface area contributed by atoms with Gasteiger partial charge in [0.2, 0.25) is 0 Å². The summed E-state index contributed by atoms with van der Waals surface area (Å²) in [5.74, 6) is -0.415. The molecule has 114 valence electrons. The number of nitro groups is 1. The second-order valence-electron chi connectivity index (χ2n) is 5.18. The van der Waals surface area contributed by atoms with Crippen molar-refractivity contribution in [2.24, 2.45) is 0 Å². The molecule has 1 aliphatic rings. The van der Waals surface area contributed by atoms with Crippen molar-refractivity contribution in [2.75, 3.05) is 12.0 Å². The number of carbonyl (C=O) groups is 1. The van der Waals surface area contributed by atoms with Gasteiger partial charge in [-0.25, -0.2) is 0 Å². The lowest BCUT2D eigenvalue weighted by Gasteiger charge is -2.28. The fourth-order valence-electron chi connectivity index (χ4n) is 2.65. The molecular weight excluding hydrogens is 290 g/mol. The van der Waals surface area contributed by atoms with Crippen LogP contribution in [0.2, 0.25) is 0 Å². The van der Waals surface area contributed by atoms with Crippen molar-refractivity contribution >= 4 is 29.0 Å². The second kappa shape index (κ2) is 6.80. The molecule has 1 saturated carbocycles. The monoisotopic (exact) mass is 309 g/mol. The molecule has 0 atom stereocenters. The minimum absolute atomic E-state index is 0.0127. The van der Waals surface area contributed by atoms with E-state index in [1.807, 2.05) is 11.8 Å². The number of nitrogen functional groups attached to an aromatic ring is 1. The van der Waals surface area contributed by atoms with Gasteiger partial charge in [0.15, 0.2) is 0 Å².